The zero-order valence-electron chi connectivity index (χ0n) is 28.1. The summed E-state index contributed by atoms with van der Waals surface area (Å²) in [5.41, 5.74) is 8.20. The normalized spacial score (nSPS) is 33.9. The van der Waals surface area contributed by atoms with E-state index in [1.807, 2.05) is 0 Å². The van der Waals surface area contributed by atoms with Gasteiger partial charge in [0.05, 0.1) is 23.4 Å². The molecule has 2 heterocycles. The summed E-state index contributed by atoms with van der Waals surface area (Å²) in [4.78, 5) is 0. The minimum Gasteiger partial charge on any atom is -0.359 e. The van der Waals surface area contributed by atoms with Gasteiger partial charge in [0, 0.05) is 0 Å². The first-order valence-electron chi connectivity index (χ1n) is 16.2. The Balaban J connectivity index is 1.28. The average molecular weight is 569 g/mol. The van der Waals surface area contributed by atoms with Crippen LogP contribution in [0.25, 0.3) is 0 Å². The van der Waals surface area contributed by atoms with Crippen LogP contribution in [-0.2, 0) is 9.47 Å². The minimum absolute atomic E-state index is 0.0818. The number of ether oxygens (including phenoxy) is 2. The molecule has 2 fully saturated rings. The molecule has 2 aliphatic carbocycles. The van der Waals surface area contributed by atoms with Gasteiger partial charge in [0.1, 0.15) is 0 Å². The maximum atomic E-state index is 6.56. The van der Waals surface area contributed by atoms with E-state index in [-0.39, 0.29) is 34.2 Å². The molecule has 2 saturated carbocycles. The van der Waals surface area contributed by atoms with Crippen molar-refractivity contribution in [2.24, 2.45) is 10.8 Å². The fourth-order valence-corrected chi connectivity index (χ4v) is 7.55. The standard InChI is InChI=1S/C40H56O2/c1-29(19-13-21-31(3)33-27-35-37(5,6)23-15-25-39(35,9)41-33)17-11-12-18-30(2)20-14-22-32(4)34-28-36-38(7,8)24-16-26-40(36,10)42-34/h11-14,17-22,27-28,33-34H,15-16,23-26H2,1-10H3/b12-11+,19-13+,20-14+,29-17+,30-18+,31-21+,32-22+/t33?,34?,39-,40-/m1/s1. The van der Waals surface area contributed by atoms with E-state index in [9.17, 15) is 0 Å². The Morgan fingerprint density at radius 1 is 0.571 bits per heavy atom. The number of hydrogen-bond donors (Lipinski definition) is 0. The van der Waals surface area contributed by atoms with Crippen LogP contribution in [0.2, 0.25) is 0 Å². The monoisotopic (exact) mass is 568 g/mol. The summed E-state index contributed by atoms with van der Waals surface area (Å²) in [5, 5.41) is 0. The molecule has 0 aromatic carbocycles. The highest BCUT2D eigenvalue weighted by Gasteiger charge is 2.48. The van der Waals surface area contributed by atoms with Crippen LogP contribution in [0.3, 0.4) is 0 Å². The van der Waals surface area contributed by atoms with Gasteiger partial charge in [0.25, 0.3) is 0 Å². The van der Waals surface area contributed by atoms with E-state index in [1.165, 1.54) is 59.1 Å². The maximum Gasteiger partial charge on any atom is 0.0982 e. The van der Waals surface area contributed by atoms with Crippen molar-refractivity contribution in [1.82, 2.24) is 0 Å². The van der Waals surface area contributed by atoms with Gasteiger partial charge in [-0.1, -0.05) is 99.6 Å². The van der Waals surface area contributed by atoms with Crippen LogP contribution in [0, 0.1) is 10.8 Å². The Kier molecular flexibility index (Phi) is 9.80. The molecule has 0 bridgehead atoms. The molecule has 0 radical (unpaired) electrons. The van der Waals surface area contributed by atoms with E-state index in [0.717, 1.165) is 12.8 Å². The Bertz CT molecular complexity index is 1200. The summed E-state index contributed by atoms with van der Waals surface area (Å²) < 4.78 is 13.1. The van der Waals surface area contributed by atoms with E-state index in [4.69, 9.17) is 9.47 Å². The second kappa shape index (κ2) is 12.7. The van der Waals surface area contributed by atoms with Crippen molar-refractivity contribution in [2.75, 3.05) is 0 Å². The van der Waals surface area contributed by atoms with Crippen molar-refractivity contribution in [2.45, 2.75) is 131 Å². The van der Waals surface area contributed by atoms with Crippen LogP contribution in [0.1, 0.15) is 108 Å². The lowest BCUT2D eigenvalue weighted by Gasteiger charge is -2.42. The lowest BCUT2D eigenvalue weighted by atomic mass is 9.66. The largest absolute Gasteiger partial charge is 0.359 e. The maximum absolute atomic E-state index is 6.56. The third kappa shape index (κ3) is 7.37. The Labute approximate surface area is 257 Å². The Hall–Kier alpha value is -2.42. The first-order valence-corrected chi connectivity index (χ1v) is 16.2. The molecular weight excluding hydrogens is 512 g/mol. The van der Waals surface area contributed by atoms with E-state index in [2.05, 4.69) is 142 Å². The van der Waals surface area contributed by atoms with E-state index in [1.54, 1.807) is 0 Å². The molecule has 0 aromatic rings. The number of rotatable bonds is 8. The quantitative estimate of drug-likeness (QED) is 0.214. The summed E-state index contributed by atoms with van der Waals surface area (Å²) in [6, 6.07) is 0. The van der Waals surface area contributed by atoms with Crippen molar-refractivity contribution < 1.29 is 9.47 Å². The Morgan fingerprint density at radius 3 is 1.31 bits per heavy atom. The van der Waals surface area contributed by atoms with Crippen molar-refractivity contribution in [3.8, 4) is 0 Å². The van der Waals surface area contributed by atoms with Gasteiger partial charge >= 0.3 is 0 Å². The fraction of sp³-hybridized carbons (Fsp3) is 0.550. The van der Waals surface area contributed by atoms with Crippen molar-refractivity contribution in [3.05, 3.63) is 106 Å². The molecule has 0 N–H and O–H groups in total. The molecule has 2 nitrogen and oxygen atoms in total. The smallest absolute Gasteiger partial charge is 0.0982 e. The molecule has 4 atom stereocenters. The van der Waals surface area contributed by atoms with Gasteiger partial charge in [-0.2, -0.15) is 0 Å². The van der Waals surface area contributed by atoms with E-state index in [0.29, 0.717) is 0 Å². The molecular formula is C40H56O2. The van der Waals surface area contributed by atoms with Gasteiger partial charge in [-0.3, -0.25) is 0 Å². The highest BCUT2D eigenvalue weighted by molar-refractivity contribution is 5.38. The van der Waals surface area contributed by atoms with Crippen LogP contribution in [0.5, 0.6) is 0 Å². The van der Waals surface area contributed by atoms with Crippen LogP contribution in [0.4, 0.5) is 0 Å². The minimum atomic E-state index is -0.0987. The molecule has 228 valence electrons. The lowest BCUT2D eigenvalue weighted by Crippen LogP contribution is -2.39. The summed E-state index contributed by atoms with van der Waals surface area (Å²) in [6.45, 7) is 22.7. The summed E-state index contributed by atoms with van der Waals surface area (Å²) in [6.07, 6.45) is 33.7. The van der Waals surface area contributed by atoms with Crippen LogP contribution in [0.15, 0.2) is 106 Å². The summed E-state index contributed by atoms with van der Waals surface area (Å²) in [5.74, 6) is 0. The Morgan fingerprint density at radius 2 is 0.952 bits per heavy atom. The molecule has 2 aliphatic heterocycles. The molecule has 0 saturated heterocycles. The molecule has 4 aliphatic rings. The summed E-state index contributed by atoms with van der Waals surface area (Å²) in [7, 11) is 0. The molecule has 4 rings (SSSR count). The molecule has 0 aromatic heterocycles. The fourth-order valence-electron chi connectivity index (χ4n) is 7.55. The number of fused-ring (bicyclic) bond motifs is 2. The second-order valence-electron chi connectivity index (χ2n) is 14.9. The first kappa shape index (κ1) is 32.5. The molecule has 2 heteroatoms. The second-order valence-corrected chi connectivity index (χ2v) is 14.9. The molecule has 2 unspecified atom stereocenters. The predicted molar refractivity (Wildman–Crippen MR) is 180 cm³/mol. The average Bonchev–Trinajstić information content (AvgIpc) is 3.46. The van der Waals surface area contributed by atoms with Crippen LogP contribution < -0.4 is 0 Å². The zero-order valence-corrected chi connectivity index (χ0v) is 28.1. The SMILES string of the molecule is CC(/C=C/C=C(\C)C1C=C2C(C)(C)CCC[C@@]2(C)O1)=C\C=C\C=C(C)\C=C\C=C(/C)C1C=C2C(C)(C)CCC[C@@]2(C)O1. The van der Waals surface area contributed by atoms with Gasteiger partial charge in [-0.05, 0) is 125 Å². The number of hydrogen-bond acceptors (Lipinski definition) is 2. The highest BCUT2D eigenvalue weighted by Crippen LogP contribution is 2.53. The number of allylic oxidation sites excluding steroid dienone is 12. The topological polar surface area (TPSA) is 18.5 Å². The highest BCUT2D eigenvalue weighted by atomic mass is 16.5. The first-order chi connectivity index (χ1) is 19.7. The van der Waals surface area contributed by atoms with Crippen LogP contribution in [-0.4, -0.2) is 23.4 Å². The third-order valence-electron chi connectivity index (χ3n) is 10.1. The van der Waals surface area contributed by atoms with Gasteiger partial charge < -0.3 is 9.47 Å². The van der Waals surface area contributed by atoms with Crippen molar-refractivity contribution in [3.63, 3.8) is 0 Å². The zero-order chi connectivity index (χ0) is 30.8. The van der Waals surface area contributed by atoms with Crippen molar-refractivity contribution >= 4 is 0 Å². The van der Waals surface area contributed by atoms with Gasteiger partial charge in [-0.15, -0.1) is 0 Å². The molecule has 42 heavy (non-hydrogen) atoms. The summed E-state index contributed by atoms with van der Waals surface area (Å²) >= 11 is 0. The van der Waals surface area contributed by atoms with Crippen LogP contribution >= 0.6 is 0 Å². The molecule has 0 amide bonds. The third-order valence-corrected chi connectivity index (χ3v) is 10.1. The van der Waals surface area contributed by atoms with E-state index >= 15 is 0 Å². The lowest BCUT2D eigenvalue weighted by molar-refractivity contribution is -0.0311. The van der Waals surface area contributed by atoms with Gasteiger partial charge in [0.2, 0.25) is 0 Å². The van der Waals surface area contributed by atoms with E-state index < -0.39 is 0 Å². The van der Waals surface area contributed by atoms with Crippen molar-refractivity contribution in [1.29, 1.82) is 0 Å². The van der Waals surface area contributed by atoms with Gasteiger partial charge in [-0.25, -0.2) is 0 Å². The molecule has 0 spiro atoms. The predicted octanol–water partition coefficient (Wildman–Crippen LogP) is 11.0. The van der Waals surface area contributed by atoms with Gasteiger partial charge in [0.15, 0.2) is 0 Å².